The smallest absolute Gasteiger partial charge is 0.406 e. The average Bonchev–Trinajstić information content (AvgIpc) is 3.20. The summed E-state index contributed by atoms with van der Waals surface area (Å²) in [6.07, 6.45) is 2.12. The minimum atomic E-state index is -4.71. The minimum Gasteiger partial charge on any atom is -0.406 e. The van der Waals surface area contributed by atoms with Crippen LogP contribution in [0.4, 0.5) is 13.2 Å². The van der Waals surface area contributed by atoms with Gasteiger partial charge in [0.1, 0.15) is 17.9 Å². The Morgan fingerprint density at radius 2 is 1.86 bits per heavy atom. The molecule has 0 aliphatic rings. The summed E-state index contributed by atoms with van der Waals surface area (Å²) in [5.74, 6) is 0.688. The zero-order valence-electron chi connectivity index (χ0n) is 15.0. The zero-order chi connectivity index (χ0) is 20.0. The first kappa shape index (κ1) is 22.5. The van der Waals surface area contributed by atoms with Crippen molar-refractivity contribution in [3.63, 3.8) is 0 Å². The first-order valence-corrected chi connectivity index (χ1v) is 8.21. The number of rotatable bonds is 6. The first-order valence-electron chi connectivity index (χ1n) is 8.21. The molecule has 154 valence electrons. The molecule has 7 nitrogen and oxygen atoms in total. The van der Waals surface area contributed by atoms with Crippen molar-refractivity contribution < 1.29 is 17.9 Å². The van der Waals surface area contributed by atoms with Crippen LogP contribution >= 0.6 is 24.0 Å². The quantitative estimate of drug-likeness (QED) is 0.297. The molecule has 11 heteroatoms. The summed E-state index contributed by atoms with van der Waals surface area (Å²) in [7, 11) is 0. The van der Waals surface area contributed by atoms with Crippen LogP contribution in [0.3, 0.4) is 0 Å². The third-order valence-electron chi connectivity index (χ3n) is 3.64. The first-order chi connectivity index (χ1) is 13.4. The van der Waals surface area contributed by atoms with Crippen molar-refractivity contribution in [2.75, 3.05) is 0 Å². The molecule has 0 saturated heterocycles. The number of ether oxygens (including phenoxy) is 1. The zero-order valence-corrected chi connectivity index (χ0v) is 17.3. The minimum absolute atomic E-state index is 0. The van der Waals surface area contributed by atoms with Crippen molar-refractivity contribution >= 4 is 29.9 Å². The molecule has 0 unspecified atom stereocenters. The molecule has 0 aliphatic carbocycles. The van der Waals surface area contributed by atoms with Gasteiger partial charge in [-0.3, -0.25) is 4.57 Å². The number of pyridine rings is 1. The van der Waals surface area contributed by atoms with Crippen LogP contribution in [0.2, 0.25) is 0 Å². The summed E-state index contributed by atoms with van der Waals surface area (Å²) in [6, 6.07) is 9.25. The van der Waals surface area contributed by atoms with E-state index in [1.807, 2.05) is 12.1 Å². The molecule has 3 N–H and O–H groups in total. The summed E-state index contributed by atoms with van der Waals surface area (Å²) >= 11 is 0. The molecule has 3 aromatic rings. The lowest BCUT2D eigenvalue weighted by Gasteiger charge is -2.10. The van der Waals surface area contributed by atoms with Gasteiger partial charge in [-0.2, -0.15) is 0 Å². The molecule has 0 fully saturated rings. The van der Waals surface area contributed by atoms with Gasteiger partial charge in [-0.25, -0.2) is 15.0 Å². The van der Waals surface area contributed by atoms with Gasteiger partial charge in [-0.1, -0.05) is 18.2 Å². The maximum atomic E-state index is 12.1. The van der Waals surface area contributed by atoms with Crippen LogP contribution in [0.5, 0.6) is 5.75 Å². The van der Waals surface area contributed by atoms with Gasteiger partial charge in [0, 0.05) is 25.1 Å². The van der Waals surface area contributed by atoms with E-state index in [1.54, 1.807) is 29.5 Å². The van der Waals surface area contributed by atoms with Crippen LogP contribution in [0.25, 0.3) is 5.82 Å². The van der Waals surface area contributed by atoms with Crippen molar-refractivity contribution in [3.8, 4) is 11.6 Å². The van der Waals surface area contributed by atoms with Gasteiger partial charge in [0.05, 0.1) is 6.54 Å². The van der Waals surface area contributed by atoms with Crippen LogP contribution in [-0.2, 0) is 13.1 Å². The molecule has 0 radical (unpaired) electrons. The lowest BCUT2D eigenvalue weighted by atomic mass is 10.2. The van der Waals surface area contributed by atoms with Crippen LogP contribution in [-0.4, -0.2) is 26.9 Å². The molecule has 2 heterocycles. The number of halogens is 4. The Morgan fingerprint density at radius 1 is 1.14 bits per heavy atom. The fourth-order valence-corrected chi connectivity index (χ4v) is 2.29. The van der Waals surface area contributed by atoms with E-state index in [0.29, 0.717) is 13.1 Å². The van der Waals surface area contributed by atoms with Crippen LogP contribution < -0.4 is 15.8 Å². The number of nitrogens with two attached hydrogens (primary N) is 1. The molecule has 2 aromatic heterocycles. The third-order valence-corrected chi connectivity index (χ3v) is 3.64. The number of aliphatic imine (C=N–C) groups is 1. The Bertz CT molecular complexity index is 912. The molecule has 0 bridgehead atoms. The number of imidazole rings is 1. The molecule has 0 spiro atoms. The number of aromatic nitrogens is 3. The number of nitrogens with one attached hydrogen (secondary N) is 1. The summed E-state index contributed by atoms with van der Waals surface area (Å²) in [5, 5.41) is 2.90. The largest absolute Gasteiger partial charge is 0.573 e. The number of hydrogen-bond donors (Lipinski definition) is 2. The highest BCUT2D eigenvalue weighted by atomic mass is 127. The SMILES string of the molecule is I.NC(=NCc1ccc(-n2ccnc2)nc1)NCc1ccc(OC(F)(F)F)cc1. The molecule has 3 rings (SSSR count). The maximum Gasteiger partial charge on any atom is 0.573 e. The number of benzene rings is 1. The van der Waals surface area contributed by atoms with Gasteiger partial charge >= 0.3 is 6.36 Å². The Balaban J connectivity index is 0.00000300. The van der Waals surface area contributed by atoms with Crippen molar-refractivity contribution in [1.82, 2.24) is 19.9 Å². The van der Waals surface area contributed by atoms with Crippen molar-refractivity contribution in [3.05, 3.63) is 72.4 Å². The van der Waals surface area contributed by atoms with E-state index in [1.165, 1.54) is 24.3 Å². The maximum absolute atomic E-state index is 12.1. The monoisotopic (exact) mass is 518 g/mol. The number of alkyl halides is 3. The fourth-order valence-electron chi connectivity index (χ4n) is 2.29. The van der Waals surface area contributed by atoms with Gasteiger partial charge in [0.2, 0.25) is 0 Å². The van der Waals surface area contributed by atoms with Gasteiger partial charge in [0.15, 0.2) is 5.96 Å². The van der Waals surface area contributed by atoms with E-state index in [4.69, 9.17) is 5.73 Å². The third kappa shape index (κ3) is 7.25. The molecular weight excluding hydrogens is 500 g/mol. The Hall–Kier alpha value is -2.83. The average molecular weight is 518 g/mol. The van der Waals surface area contributed by atoms with Gasteiger partial charge < -0.3 is 15.8 Å². The number of guanidine groups is 1. The van der Waals surface area contributed by atoms with E-state index in [9.17, 15) is 13.2 Å². The Labute approximate surface area is 181 Å². The molecule has 1 aromatic carbocycles. The van der Waals surface area contributed by atoms with E-state index >= 15 is 0 Å². The normalized spacial score (nSPS) is 11.6. The topological polar surface area (TPSA) is 90.4 Å². The van der Waals surface area contributed by atoms with E-state index < -0.39 is 6.36 Å². The predicted molar refractivity (Wildman–Crippen MR) is 112 cm³/mol. The van der Waals surface area contributed by atoms with E-state index in [2.05, 4.69) is 25.0 Å². The molecule has 0 aliphatic heterocycles. The second kappa shape index (κ2) is 10.1. The molecule has 0 saturated carbocycles. The number of nitrogens with zero attached hydrogens (tertiary/aromatic N) is 4. The summed E-state index contributed by atoms with van der Waals surface area (Å²) < 4.78 is 42.0. The lowest BCUT2D eigenvalue weighted by molar-refractivity contribution is -0.274. The van der Waals surface area contributed by atoms with Gasteiger partial charge in [-0.15, -0.1) is 37.1 Å². The summed E-state index contributed by atoms with van der Waals surface area (Å²) in [6.45, 7) is 0.661. The molecular formula is C18H18F3IN6O. The van der Waals surface area contributed by atoms with Gasteiger partial charge in [-0.05, 0) is 29.3 Å². The van der Waals surface area contributed by atoms with Crippen LogP contribution in [0.15, 0.2) is 66.3 Å². The van der Waals surface area contributed by atoms with Crippen LogP contribution in [0.1, 0.15) is 11.1 Å². The lowest BCUT2D eigenvalue weighted by Crippen LogP contribution is -2.31. The second-order valence-corrected chi connectivity index (χ2v) is 5.74. The van der Waals surface area contributed by atoms with E-state index in [-0.39, 0.29) is 35.7 Å². The highest BCUT2D eigenvalue weighted by Crippen LogP contribution is 2.22. The Morgan fingerprint density at radius 3 is 2.45 bits per heavy atom. The van der Waals surface area contributed by atoms with E-state index in [0.717, 1.165) is 16.9 Å². The standard InChI is InChI=1S/C18H17F3N6O.HI/c19-18(20,21)28-15-4-1-13(2-5-15)9-25-17(22)26-11-14-3-6-16(24-10-14)27-8-7-23-12-27;/h1-8,10,12H,9,11H2,(H3,22,25,26);1H. The Kier molecular flexibility index (Phi) is 7.82. The molecule has 29 heavy (non-hydrogen) atoms. The molecule has 0 amide bonds. The van der Waals surface area contributed by atoms with Crippen molar-refractivity contribution in [2.24, 2.45) is 10.7 Å². The van der Waals surface area contributed by atoms with Crippen molar-refractivity contribution in [1.29, 1.82) is 0 Å². The predicted octanol–water partition coefficient (Wildman–Crippen LogP) is 3.39. The highest BCUT2D eigenvalue weighted by molar-refractivity contribution is 14.0. The summed E-state index contributed by atoms with van der Waals surface area (Å²) in [4.78, 5) is 12.5. The summed E-state index contributed by atoms with van der Waals surface area (Å²) in [5.41, 5.74) is 7.43. The number of hydrogen-bond acceptors (Lipinski definition) is 4. The molecule has 0 atom stereocenters. The fraction of sp³-hybridized carbons (Fsp3) is 0.167. The second-order valence-electron chi connectivity index (χ2n) is 5.74. The van der Waals surface area contributed by atoms with Crippen LogP contribution in [0, 0.1) is 0 Å². The highest BCUT2D eigenvalue weighted by Gasteiger charge is 2.30. The van der Waals surface area contributed by atoms with Crippen molar-refractivity contribution in [2.45, 2.75) is 19.5 Å². The van der Waals surface area contributed by atoms with Gasteiger partial charge in [0.25, 0.3) is 0 Å².